The summed E-state index contributed by atoms with van der Waals surface area (Å²) in [5.41, 5.74) is 2.75. The van der Waals surface area contributed by atoms with E-state index < -0.39 is 0 Å². The average Bonchev–Trinajstić information content (AvgIpc) is 3.48. The lowest BCUT2D eigenvalue weighted by atomic mass is 10.2. The number of anilines is 1. The Bertz CT molecular complexity index is 1200. The quantitative estimate of drug-likeness (QED) is 0.485. The molecule has 1 aromatic heterocycles. The molecule has 0 radical (unpaired) electrons. The highest BCUT2D eigenvalue weighted by atomic mass is 16.7. The molecule has 9 nitrogen and oxygen atoms in total. The van der Waals surface area contributed by atoms with Crippen LogP contribution in [0.2, 0.25) is 0 Å². The maximum absolute atomic E-state index is 5.95. The fourth-order valence-electron chi connectivity index (χ4n) is 3.19. The predicted octanol–water partition coefficient (Wildman–Crippen LogP) is 3.80. The number of nitrogens with one attached hydrogen (secondary N) is 1. The molecule has 0 aliphatic carbocycles. The number of rotatable bonds is 7. The summed E-state index contributed by atoms with van der Waals surface area (Å²) in [6, 6.07) is 21.2. The van der Waals surface area contributed by atoms with Gasteiger partial charge in [0.05, 0.1) is 12.8 Å². The van der Waals surface area contributed by atoms with E-state index in [-0.39, 0.29) is 12.8 Å². The van der Waals surface area contributed by atoms with Crippen LogP contribution in [-0.4, -0.2) is 34.1 Å². The minimum Gasteiger partial charge on any atom is -0.493 e. The molecule has 4 aromatic rings. The van der Waals surface area contributed by atoms with Crippen molar-refractivity contribution in [2.75, 3.05) is 19.2 Å². The standard InChI is InChI=1S/C22H19N5O4/c1-28-20-11-15(13-23-16-8-10-18-21(12-16)30-14-29-18)7-9-19(20)31-22-24-25-26-27(22)17-5-3-2-4-6-17/h2-12,23H,13-14H2,1H3. The Morgan fingerprint density at radius 1 is 0.968 bits per heavy atom. The molecule has 0 saturated heterocycles. The van der Waals surface area contributed by atoms with Gasteiger partial charge < -0.3 is 24.3 Å². The van der Waals surface area contributed by atoms with Crippen molar-refractivity contribution < 1.29 is 18.9 Å². The van der Waals surface area contributed by atoms with Crippen molar-refractivity contribution in [2.45, 2.75) is 6.54 Å². The maximum atomic E-state index is 5.95. The molecule has 0 unspecified atom stereocenters. The number of para-hydroxylation sites is 1. The minimum absolute atomic E-state index is 0.246. The Labute approximate surface area is 178 Å². The summed E-state index contributed by atoms with van der Waals surface area (Å²) in [5, 5.41) is 15.1. The Morgan fingerprint density at radius 2 is 1.84 bits per heavy atom. The van der Waals surface area contributed by atoms with E-state index in [0.29, 0.717) is 18.0 Å². The molecule has 31 heavy (non-hydrogen) atoms. The van der Waals surface area contributed by atoms with E-state index in [1.54, 1.807) is 7.11 Å². The Kier molecular flexibility index (Phi) is 4.97. The first-order valence-corrected chi connectivity index (χ1v) is 9.62. The summed E-state index contributed by atoms with van der Waals surface area (Å²) in [5.74, 6) is 2.59. The molecule has 2 heterocycles. The molecular weight excluding hydrogens is 398 g/mol. The van der Waals surface area contributed by atoms with E-state index in [1.165, 1.54) is 4.68 Å². The van der Waals surface area contributed by atoms with Crippen LogP contribution in [0.15, 0.2) is 66.7 Å². The van der Waals surface area contributed by atoms with Crippen LogP contribution >= 0.6 is 0 Å². The van der Waals surface area contributed by atoms with Gasteiger partial charge in [0.2, 0.25) is 6.79 Å². The number of nitrogens with zero attached hydrogens (tertiary/aromatic N) is 4. The van der Waals surface area contributed by atoms with Crippen LogP contribution in [0.3, 0.4) is 0 Å². The molecule has 1 N–H and O–H groups in total. The van der Waals surface area contributed by atoms with Gasteiger partial charge in [-0.15, -0.1) is 0 Å². The summed E-state index contributed by atoms with van der Waals surface area (Å²) in [6.45, 7) is 0.850. The van der Waals surface area contributed by atoms with Crippen molar-refractivity contribution in [3.63, 3.8) is 0 Å². The Hall–Kier alpha value is -4.27. The van der Waals surface area contributed by atoms with Crippen LogP contribution in [0.4, 0.5) is 5.69 Å². The first-order chi connectivity index (χ1) is 15.3. The molecule has 0 amide bonds. The number of methoxy groups -OCH3 is 1. The molecular formula is C22H19N5O4. The normalized spacial score (nSPS) is 11.9. The van der Waals surface area contributed by atoms with E-state index in [9.17, 15) is 0 Å². The lowest BCUT2D eigenvalue weighted by Crippen LogP contribution is -2.02. The zero-order valence-electron chi connectivity index (χ0n) is 16.7. The summed E-state index contributed by atoms with van der Waals surface area (Å²) < 4.78 is 23.8. The SMILES string of the molecule is COc1cc(CNc2ccc3c(c2)OCO3)ccc1Oc1nnnn1-c1ccccc1. The van der Waals surface area contributed by atoms with E-state index in [0.717, 1.165) is 28.4 Å². The van der Waals surface area contributed by atoms with E-state index in [4.69, 9.17) is 18.9 Å². The zero-order chi connectivity index (χ0) is 21.0. The molecule has 3 aromatic carbocycles. The van der Waals surface area contributed by atoms with Gasteiger partial charge in [0, 0.05) is 18.3 Å². The van der Waals surface area contributed by atoms with Gasteiger partial charge in [-0.25, -0.2) is 0 Å². The molecule has 0 atom stereocenters. The van der Waals surface area contributed by atoms with Crippen molar-refractivity contribution in [1.29, 1.82) is 0 Å². The van der Waals surface area contributed by atoms with Gasteiger partial charge >= 0.3 is 6.01 Å². The topological polar surface area (TPSA) is 92.6 Å². The molecule has 0 bridgehead atoms. The number of benzene rings is 3. The highest BCUT2D eigenvalue weighted by Crippen LogP contribution is 2.35. The molecule has 9 heteroatoms. The third-order valence-electron chi connectivity index (χ3n) is 4.74. The van der Waals surface area contributed by atoms with Gasteiger partial charge in [-0.1, -0.05) is 29.4 Å². The maximum Gasteiger partial charge on any atom is 0.346 e. The third kappa shape index (κ3) is 3.93. The predicted molar refractivity (Wildman–Crippen MR) is 112 cm³/mol. The van der Waals surface area contributed by atoms with Crippen molar-refractivity contribution in [1.82, 2.24) is 20.2 Å². The fraction of sp³-hybridized carbons (Fsp3) is 0.136. The summed E-state index contributed by atoms with van der Waals surface area (Å²) >= 11 is 0. The van der Waals surface area contributed by atoms with Crippen LogP contribution in [0, 0.1) is 0 Å². The molecule has 0 spiro atoms. The smallest absolute Gasteiger partial charge is 0.346 e. The van der Waals surface area contributed by atoms with Crippen LogP contribution < -0.4 is 24.3 Å². The first kappa shape index (κ1) is 18.7. The average molecular weight is 417 g/mol. The summed E-state index contributed by atoms with van der Waals surface area (Å²) in [4.78, 5) is 0. The van der Waals surface area contributed by atoms with Crippen molar-refractivity contribution in [3.8, 4) is 34.7 Å². The molecule has 5 rings (SSSR count). The molecule has 0 saturated carbocycles. The van der Waals surface area contributed by atoms with Gasteiger partial charge in [0.15, 0.2) is 23.0 Å². The van der Waals surface area contributed by atoms with Gasteiger partial charge in [-0.05, 0) is 52.4 Å². The second-order valence-electron chi connectivity index (χ2n) is 6.72. The van der Waals surface area contributed by atoms with Crippen molar-refractivity contribution >= 4 is 5.69 Å². The van der Waals surface area contributed by atoms with Crippen LogP contribution in [-0.2, 0) is 6.54 Å². The summed E-state index contributed by atoms with van der Waals surface area (Å²) in [6.07, 6.45) is 0. The number of ether oxygens (including phenoxy) is 4. The number of hydrogen-bond donors (Lipinski definition) is 1. The molecule has 156 valence electrons. The second-order valence-corrected chi connectivity index (χ2v) is 6.72. The highest BCUT2D eigenvalue weighted by Gasteiger charge is 2.15. The van der Waals surface area contributed by atoms with E-state index >= 15 is 0 Å². The van der Waals surface area contributed by atoms with Gasteiger partial charge in [0.1, 0.15) is 0 Å². The third-order valence-corrected chi connectivity index (χ3v) is 4.74. The molecule has 0 fully saturated rings. The summed E-state index contributed by atoms with van der Waals surface area (Å²) in [7, 11) is 1.59. The molecule has 1 aliphatic rings. The minimum atomic E-state index is 0.246. The monoisotopic (exact) mass is 417 g/mol. The largest absolute Gasteiger partial charge is 0.493 e. The number of tetrazole rings is 1. The highest BCUT2D eigenvalue weighted by molar-refractivity contribution is 5.56. The number of hydrogen-bond acceptors (Lipinski definition) is 8. The Morgan fingerprint density at radius 3 is 2.71 bits per heavy atom. The first-order valence-electron chi connectivity index (χ1n) is 9.62. The lowest BCUT2D eigenvalue weighted by molar-refractivity contribution is 0.174. The van der Waals surface area contributed by atoms with Crippen LogP contribution in [0.5, 0.6) is 29.0 Å². The fourth-order valence-corrected chi connectivity index (χ4v) is 3.19. The zero-order valence-corrected chi connectivity index (χ0v) is 16.7. The van der Waals surface area contributed by atoms with Gasteiger partial charge in [-0.2, -0.15) is 4.68 Å². The van der Waals surface area contributed by atoms with Crippen LogP contribution in [0.25, 0.3) is 5.69 Å². The lowest BCUT2D eigenvalue weighted by Gasteiger charge is -2.12. The Balaban J connectivity index is 1.31. The van der Waals surface area contributed by atoms with Crippen LogP contribution in [0.1, 0.15) is 5.56 Å². The van der Waals surface area contributed by atoms with Gasteiger partial charge in [0.25, 0.3) is 0 Å². The van der Waals surface area contributed by atoms with E-state index in [2.05, 4.69) is 20.8 Å². The van der Waals surface area contributed by atoms with Crippen molar-refractivity contribution in [3.05, 3.63) is 72.3 Å². The van der Waals surface area contributed by atoms with Gasteiger partial charge in [-0.3, -0.25) is 0 Å². The second kappa shape index (κ2) is 8.23. The number of fused-ring (bicyclic) bond motifs is 1. The molecule has 1 aliphatic heterocycles. The van der Waals surface area contributed by atoms with E-state index in [1.807, 2.05) is 66.7 Å². The number of aromatic nitrogens is 4. The van der Waals surface area contributed by atoms with Crippen molar-refractivity contribution in [2.24, 2.45) is 0 Å².